The molecule has 6 heteroatoms. The normalized spacial score (nSPS) is 16.7. The summed E-state index contributed by atoms with van der Waals surface area (Å²) >= 11 is 0. The van der Waals surface area contributed by atoms with E-state index >= 15 is 0 Å². The van der Waals surface area contributed by atoms with Crippen LogP contribution in [0.1, 0.15) is 32.1 Å². The van der Waals surface area contributed by atoms with Crippen LogP contribution in [0.25, 0.3) is 0 Å². The maximum absolute atomic E-state index is 10.6. The highest BCUT2D eigenvalue weighted by Crippen LogP contribution is 2.08. The molecule has 0 unspecified atom stereocenters. The highest BCUT2D eigenvalue weighted by molar-refractivity contribution is 5.67. The molecule has 2 N–H and O–H groups in total. The van der Waals surface area contributed by atoms with Gasteiger partial charge in [-0.1, -0.05) is 6.42 Å². The minimum Gasteiger partial charge on any atom is -0.481 e. The van der Waals surface area contributed by atoms with E-state index in [0.717, 1.165) is 26.2 Å². The summed E-state index contributed by atoms with van der Waals surface area (Å²) in [7, 11) is 0. The molecular formula is C13H24N2O4. The van der Waals surface area contributed by atoms with Crippen molar-refractivity contribution in [3.05, 3.63) is 0 Å². The number of nitrogens with zero attached hydrogens (tertiary/aromatic N) is 2. The fourth-order valence-electron chi connectivity index (χ4n) is 2.31. The van der Waals surface area contributed by atoms with Gasteiger partial charge in [-0.15, -0.1) is 0 Å². The quantitative estimate of drug-likeness (QED) is 0.644. The number of rotatable bonds is 9. The molecule has 0 aromatic carbocycles. The fraction of sp³-hybridized carbons (Fsp3) is 0.846. The van der Waals surface area contributed by atoms with Gasteiger partial charge in [-0.05, 0) is 25.9 Å². The summed E-state index contributed by atoms with van der Waals surface area (Å²) in [5.41, 5.74) is 0. The lowest BCUT2D eigenvalue weighted by atomic mass is 10.1. The van der Waals surface area contributed by atoms with Gasteiger partial charge < -0.3 is 20.0 Å². The van der Waals surface area contributed by atoms with E-state index in [1.165, 1.54) is 19.3 Å². The molecule has 0 saturated carbocycles. The molecule has 1 heterocycles. The van der Waals surface area contributed by atoms with Crippen molar-refractivity contribution in [2.45, 2.75) is 32.1 Å². The third kappa shape index (κ3) is 7.79. The summed E-state index contributed by atoms with van der Waals surface area (Å²) in [6.07, 6.45) is 3.88. The van der Waals surface area contributed by atoms with Crippen molar-refractivity contribution in [2.75, 3.05) is 39.3 Å². The van der Waals surface area contributed by atoms with E-state index in [2.05, 4.69) is 4.90 Å². The van der Waals surface area contributed by atoms with Crippen LogP contribution in [0.5, 0.6) is 0 Å². The van der Waals surface area contributed by atoms with Crippen LogP contribution in [-0.4, -0.2) is 71.2 Å². The molecule has 1 saturated heterocycles. The van der Waals surface area contributed by atoms with Crippen LogP contribution in [0.15, 0.2) is 0 Å². The van der Waals surface area contributed by atoms with Gasteiger partial charge >= 0.3 is 11.9 Å². The molecule has 0 radical (unpaired) electrons. The average Bonchev–Trinajstić information content (AvgIpc) is 2.38. The van der Waals surface area contributed by atoms with Crippen molar-refractivity contribution < 1.29 is 19.8 Å². The van der Waals surface area contributed by atoms with Crippen LogP contribution in [-0.2, 0) is 9.59 Å². The summed E-state index contributed by atoms with van der Waals surface area (Å²) in [4.78, 5) is 25.5. The standard InChI is InChI=1S/C13H24N2O4/c16-12(17)4-8-15(9-5-13(18)19)11-10-14-6-2-1-3-7-14/h1-11H2,(H,16,17)(H,18,19). The first-order chi connectivity index (χ1) is 9.08. The fourth-order valence-corrected chi connectivity index (χ4v) is 2.31. The van der Waals surface area contributed by atoms with E-state index in [9.17, 15) is 9.59 Å². The van der Waals surface area contributed by atoms with E-state index in [4.69, 9.17) is 10.2 Å². The SMILES string of the molecule is O=C(O)CCN(CCC(=O)O)CCN1CCCCC1. The Morgan fingerprint density at radius 1 is 0.895 bits per heavy atom. The summed E-state index contributed by atoms with van der Waals surface area (Å²) in [5, 5.41) is 17.4. The van der Waals surface area contributed by atoms with Gasteiger partial charge in [0.25, 0.3) is 0 Å². The molecule has 0 aliphatic carbocycles. The van der Waals surface area contributed by atoms with Crippen molar-refractivity contribution in [3.63, 3.8) is 0 Å². The Bertz CT molecular complexity index is 272. The topological polar surface area (TPSA) is 81.1 Å². The van der Waals surface area contributed by atoms with Gasteiger partial charge in [0.15, 0.2) is 0 Å². The van der Waals surface area contributed by atoms with Gasteiger partial charge in [-0.2, -0.15) is 0 Å². The first-order valence-electron chi connectivity index (χ1n) is 6.96. The van der Waals surface area contributed by atoms with Gasteiger partial charge in [-0.25, -0.2) is 0 Å². The number of carbonyl (C=O) groups is 2. The van der Waals surface area contributed by atoms with E-state index in [-0.39, 0.29) is 12.8 Å². The van der Waals surface area contributed by atoms with Crippen LogP contribution in [0.3, 0.4) is 0 Å². The Hall–Kier alpha value is -1.14. The number of hydrogen-bond acceptors (Lipinski definition) is 4. The maximum atomic E-state index is 10.6. The van der Waals surface area contributed by atoms with E-state index in [1.54, 1.807) is 0 Å². The smallest absolute Gasteiger partial charge is 0.304 e. The third-order valence-corrected chi connectivity index (χ3v) is 3.46. The molecule has 0 aromatic heterocycles. The lowest BCUT2D eigenvalue weighted by Crippen LogP contribution is -2.39. The lowest BCUT2D eigenvalue weighted by molar-refractivity contribution is -0.137. The minimum atomic E-state index is -0.835. The molecule has 6 nitrogen and oxygen atoms in total. The van der Waals surface area contributed by atoms with Crippen LogP contribution in [0, 0.1) is 0 Å². The molecule has 1 aliphatic heterocycles. The number of aliphatic carboxylic acids is 2. The second-order valence-corrected chi connectivity index (χ2v) is 5.03. The zero-order chi connectivity index (χ0) is 14.1. The van der Waals surface area contributed by atoms with Crippen molar-refractivity contribution in [2.24, 2.45) is 0 Å². The summed E-state index contributed by atoms with van der Waals surface area (Å²) < 4.78 is 0. The average molecular weight is 272 g/mol. The molecule has 0 amide bonds. The Labute approximate surface area is 114 Å². The number of hydrogen-bond donors (Lipinski definition) is 2. The summed E-state index contributed by atoms with van der Waals surface area (Å²) in [5.74, 6) is -1.67. The van der Waals surface area contributed by atoms with Crippen molar-refractivity contribution >= 4 is 11.9 Å². The molecule has 0 bridgehead atoms. The zero-order valence-corrected chi connectivity index (χ0v) is 11.4. The van der Waals surface area contributed by atoms with Gasteiger partial charge in [0.1, 0.15) is 0 Å². The summed E-state index contributed by atoms with van der Waals surface area (Å²) in [6, 6.07) is 0. The monoisotopic (exact) mass is 272 g/mol. The lowest BCUT2D eigenvalue weighted by Gasteiger charge is -2.29. The van der Waals surface area contributed by atoms with Crippen LogP contribution in [0.2, 0.25) is 0 Å². The third-order valence-electron chi connectivity index (χ3n) is 3.46. The first-order valence-corrected chi connectivity index (χ1v) is 6.96. The highest BCUT2D eigenvalue weighted by Gasteiger charge is 2.13. The molecule has 0 aromatic rings. The molecule has 1 rings (SSSR count). The van der Waals surface area contributed by atoms with E-state index in [1.807, 2.05) is 4.90 Å². The second kappa shape index (κ2) is 8.87. The molecule has 0 atom stereocenters. The Balaban J connectivity index is 2.29. The predicted octanol–water partition coefficient (Wildman–Crippen LogP) is 0.724. The number of likely N-dealkylation sites (tertiary alicyclic amines) is 1. The van der Waals surface area contributed by atoms with Gasteiger partial charge in [0, 0.05) is 26.2 Å². The Kier molecular flexibility index (Phi) is 7.43. The first kappa shape index (κ1) is 15.9. The number of piperidine rings is 1. The molecule has 1 fully saturated rings. The maximum Gasteiger partial charge on any atom is 0.304 e. The highest BCUT2D eigenvalue weighted by atomic mass is 16.4. The molecular weight excluding hydrogens is 248 g/mol. The Morgan fingerprint density at radius 2 is 1.42 bits per heavy atom. The number of carboxylic acids is 2. The molecule has 0 spiro atoms. The van der Waals surface area contributed by atoms with Crippen LogP contribution >= 0.6 is 0 Å². The van der Waals surface area contributed by atoms with Crippen molar-refractivity contribution in [1.82, 2.24) is 9.80 Å². The Morgan fingerprint density at radius 3 is 1.89 bits per heavy atom. The minimum absolute atomic E-state index is 0.0691. The molecule has 19 heavy (non-hydrogen) atoms. The molecule has 1 aliphatic rings. The van der Waals surface area contributed by atoms with Crippen LogP contribution in [0.4, 0.5) is 0 Å². The van der Waals surface area contributed by atoms with Crippen molar-refractivity contribution in [3.8, 4) is 0 Å². The largest absolute Gasteiger partial charge is 0.481 e. The van der Waals surface area contributed by atoms with E-state index < -0.39 is 11.9 Å². The molecule has 110 valence electrons. The zero-order valence-electron chi connectivity index (χ0n) is 11.4. The van der Waals surface area contributed by atoms with Gasteiger partial charge in [0.2, 0.25) is 0 Å². The van der Waals surface area contributed by atoms with E-state index in [0.29, 0.717) is 13.1 Å². The van der Waals surface area contributed by atoms with Gasteiger partial charge in [0.05, 0.1) is 12.8 Å². The van der Waals surface area contributed by atoms with Crippen molar-refractivity contribution in [1.29, 1.82) is 0 Å². The number of carboxylic acid groups (broad SMARTS) is 2. The predicted molar refractivity (Wildman–Crippen MR) is 71.2 cm³/mol. The van der Waals surface area contributed by atoms with Crippen LogP contribution < -0.4 is 0 Å². The van der Waals surface area contributed by atoms with Gasteiger partial charge in [-0.3, -0.25) is 9.59 Å². The second-order valence-electron chi connectivity index (χ2n) is 5.03. The summed E-state index contributed by atoms with van der Waals surface area (Å²) in [6.45, 7) is 4.71.